The smallest absolute Gasteiger partial charge is 0.227 e. The van der Waals surface area contributed by atoms with Gasteiger partial charge in [-0.3, -0.25) is 9.36 Å². The van der Waals surface area contributed by atoms with Crippen molar-refractivity contribution in [2.75, 3.05) is 19.8 Å². The number of carbonyl (C=O) groups excluding carboxylic acids is 1. The number of rotatable bonds is 1. The Kier molecular flexibility index (Phi) is 2.89. The summed E-state index contributed by atoms with van der Waals surface area (Å²) in [5.74, 6) is 0.0363. The minimum atomic E-state index is 0.0363. The van der Waals surface area contributed by atoms with Crippen LogP contribution in [-0.2, 0) is 4.74 Å². The van der Waals surface area contributed by atoms with Crippen molar-refractivity contribution in [3.8, 4) is 0 Å². The molecule has 1 aliphatic rings. The number of nitrogens with one attached hydrogen (secondary N) is 1. The van der Waals surface area contributed by atoms with E-state index in [1.807, 2.05) is 24.4 Å². The van der Waals surface area contributed by atoms with Gasteiger partial charge in [-0.1, -0.05) is 18.2 Å². The van der Waals surface area contributed by atoms with Crippen LogP contribution in [0.2, 0.25) is 0 Å². The van der Waals surface area contributed by atoms with Crippen LogP contribution in [0.15, 0.2) is 30.5 Å². The molecule has 94 valence electrons. The van der Waals surface area contributed by atoms with E-state index in [1.54, 1.807) is 11.5 Å². The van der Waals surface area contributed by atoms with E-state index < -0.39 is 0 Å². The van der Waals surface area contributed by atoms with Crippen LogP contribution in [0.4, 0.5) is 0 Å². The molecule has 4 nitrogen and oxygen atoms in total. The summed E-state index contributed by atoms with van der Waals surface area (Å²) in [6.07, 6.45) is 1.93. The fourth-order valence-corrected chi connectivity index (χ4v) is 2.51. The Labute approximate surface area is 106 Å². The van der Waals surface area contributed by atoms with Gasteiger partial charge in [0.25, 0.3) is 0 Å². The molecule has 1 fully saturated rings. The lowest BCUT2D eigenvalue weighted by Gasteiger charge is -2.23. The maximum absolute atomic E-state index is 11.7. The summed E-state index contributed by atoms with van der Waals surface area (Å²) in [5, 5.41) is 4.55. The molecular weight excluding hydrogens is 228 g/mol. The molecule has 3 rings (SSSR count). The van der Waals surface area contributed by atoms with E-state index in [0.717, 1.165) is 29.6 Å². The van der Waals surface area contributed by atoms with Crippen LogP contribution >= 0.6 is 0 Å². The Morgan fingerprint density at radius 3 is 3.00 bits per heavy atom. The number of ether oxygens (including phenoxy) is 1. The summed E-state index contributed by atoms with van der Waals surface area (Å²) in [7, 11) is 0. The van der Waals surface area contributed by atoms with Gasteiger partial charge < -0.3 is 10.1 Å². The maximum Gasteiger partial charge on any atom is 0.227 e. The second-order valence-corrected chi connectivity index (χ2v) is 4.57. The standard InChI is InChI=1S/C14H16N2O2/c1-10(17)16-8-12(13-9-18-7-6-15-13)11-4-2-3-5-14(11)16/h2-5,8,13,15H,6-7,9H2,1H3/t13-/m0/s1. The fraction of sp³-hybridized carbons (Fsp3) is 0.357. The molecule has 0 aliphatic carbocycles. The molecule has 0 amide bonds. The molecule has 1 saturated heterocycles. The molecular formula is C14H16N2O2. The molecule has 0 bridgehead atoms. The number of aromatic nitrogens is 1. The molecule has 0 radical (unpaired) electrons. The van der Waals surface area contributed by atoms with Crippen LogP contribution in [0.1, 0.15) is 23.3 Å². The summed E-state index contributed by atoms with van der Waals surface area (Å²) in [5.41, 5.74) is 2.10. The van der Waals surface area contributed by atoms with E-state index in [1.165, 1.54) is 0 Å². The number of benzene rings is 1. The lowest BCUT2D eigenvalue weighted by Crippen LogP contribution is -2.34. The molecule has 18 heavy (non-hydrogen) atoms. The molecule has 1 N–H and O–H groups in total. The fourth-order valence-electron chi connectivity index (χ4n) is 2.51. The lowest BCUT2D eigenvalue weighted by molar-refractivity contribution is 0.0771. The van der Waals surface area contributed by atoms with Gasteiger partial charge in [0.1, 0.15) is 0 Å². The minimum absolute atomic E-state index is 0.0363. The zero-order valence-corrected chi connectivity index (χ0v) is 10.3. The number of para-hydroxylation sites is 1. The highest BCUT2D eigenvalue weighted by Crippen LogP contribution is 2.27. The van der Waals surface area contributed by atoms with Crippen LogP contribution < -0.4 is 5.32 Å². The molecule has 0 spiro atoms. The van der Waals surface area contributed by atoms with Gasteiger partial charge in [-0.15, -0.1) is 0 Å². The third kappa shape index (κ3) is 1.83. The van der Waals surface area contributed by atoms with Gasteiger partial charge in [-0.2, -0.15) is 0 Å². The lowest BCUT2D eigenvalue weighted by atomic mass is 10.1. The van der Waals surface area contributed by atoms with Gasteiger partial charge in [0.15, 0.2) is 0 Å². The molecule has 1 aromatic heterocycles. The second-order valence-electron chi connectivity index (χ2n) is 4.57. The normalized spacial score (nSPS) is 20.2. The van der Waals surface area contributed by atoms with Crippen molar-refractivity contribution in [3.63, 3.8) is 0 Å². The number of hydrogen-bond acceptors (Lipinski definition) is 3. The first-order valence-electron chi connectivity index (χ1n) is 6.19. The first-order chi connectivity index (χ1) is 8.77. The molecule has 1 atom stereocenters. The van der Waals surface area contributed by atoms with E-state index in [4.69, 9.17) is 4.74 Å². The van der Waals surface area contributed by atoms with E-state index in [-0.39, 0.29) is 11.9 Å². The van der Waals surface area contributed by atoms with Gasteiger partial charge in [0.2, 0.25) is 5.91 Å². The van der Waals surface area contributed by atoms with E-state index >= 15 is 0 Å². The van der Waals surface area contributed by atoms with Gasteiger partial charge in [0, 0.05) is 25.1 Å². The summed E-state index contributed by atoms with van der Waals surface area (Å²) < 4.78 is 7.21. The van der Waals surface area contributed by atoms with Crippen molar-refractivity contribution >= 4 is 16.8 Å². The van der Waals surface area contributed by atoms with E-state index in [9.17, 15) is 4.79 Å². The van der Waals surface area contributed by atoms with Crippen molar-refractivity contribution in [2.24, 2.45) is 0 Å². The Balaban J connectivity index is 2.13. The van der Waals surface area contributed by atoms with E-state index in [0.29, 0.717) is 6.61 Å². The topological polar surface area (TPSA) is 43.3 Å². The zero-order chi connectivity index (χ0) is 12.5. The van der Waals surface area contributed by atoms with Crippen LogP contribution in [-0.4, -0.2) is 30.2 Å². The Hall–Kier alpha value is -1.65. The van der Waals surface area contributed by atoms with Gasteiger partial charge in [0.05, 0.1) is 24.8 Å². The van der Waals surface area contributed by atoms with Crippen LogP contribution in [0.25, 0.3) is 10.9 Å². The number of carbonyl (C=O) groups is 1. The molecule has 0 unspecified atom stereocenters. The largest absolute Gasteiger partial charge is 0.378 e. The van der Waals surface area contributed by atoms with Gasteiger partial charge in [-0.25, -0.2) is 0 Å². The van der Waals surface area contributed by atoms with Crippen molar-refractivity contribution in [3.05, 3.63) is 36.0 Å². The average Bonchev–Trinajstić information content (AvgIpc) is 2.79. The third-order valence-electron chi connectivity index (χ3n) is 3.38. The number of hydrogen-bond donors (Lipinski definition) is 1. The van der Waals surface area contributed by atoms with Crippen molar-refractivity contribution < 1.29 is 9.53 Å². The average molecular weight is 244 g/mol. The molecule has 1 aromatic carbocycles. The van der Waals surface area contributed by atoms with Crippen molar-refractivity contribution in [1.29, 1.82) is 0 Å². The van der Waals surface area contributed by atoms with Crippen LogP contribution in [0.5, 0.6) is 0 Å². The minimum Gasteiger partial charge on any atom is -0.378 e. The summed E-state index contributed by atoms with van der Waals surface area (Å²) in [6.45, 7) is 3.85. The summed E-state index contributed by atoms with van der Waals surface area (Å²) in [6, 6.07) is 8.16. The Bertz CT molecular complexity index is 582. The number of nitrogens with zero attached hydrogens (tertiary/aromatic N) is 1. The number of morpholine rings is 1. The molecule has 4 heteroatoms. The van der Waals surface area contributed by atoms with E-state index in [2.05, 4.69) is 11.4 Å². The first-order valence-corrected chi connectivity index (χ1v) is 6.19. The molecule has 2 heterocycles. The van der Waals surface area contributed by atoms with Gasteiger partial charge >= 0.3 is 0 Å². The van der Waals surface area contributed by atoms with Crippen LogP contribution in [0, 0.1) is 0 Å². The monoisotopic (exact) mass is 244 g/mol. The van der Waals surface area contributed by atoms with Crippen LogP contribution in [0.3, 0.4) is 0 Å². The highest BCUT2D eigenvalue weighted by atomic mass is 16.5. The quantitative estimate of drug-likeness (QED) is 0.834. The molecule has 0 saturated carbocycles. The molecule has 2 aromatic rings. The first kappa shape index (κ1) is 11.4. The molecule has 1 aliphatic heterocycles. The predicted molar refractivity (Wildman–Crippen MR) is 69.8 cm³/mol. The SMILES string of the molecule is CC(=O)n1cc([C@@H]2COCCN2)c2ccccc21. The van der Waals surface area contributed by atoms with Crippen molar-refractivity contribution in [2.45, 2.75) is 13.0 Å². The number of fused-ring (bicyclic) bond motifs is 1. The zero-order valence-electron chi connectivity index (χ0n) is 10.3. The Morgan fingerprint density at radius 2 is 2.28 bits per heavy atom. The highest BCUT2D eigenvalue weighted by molar-refractivity contribution is 5.93. The second kappa shape index (κ2) is 4.55. The maximum atomic E-state index is 11.7. The highest BCUT2D eigenvalue weighted by Gasteiger charge is 2.20. The van der Waals surface area contributed by atoms with Gasteiger partial charge in [-0.05, 0) is 11.6 Å². The third-order valence-corrected chi connectivity index (χ3v) is 3.38. The Morgan fingerprint density at radius 1 is 1.44 bits per heavy atom. The predicted octanol–water partition coefficient (Wildman–Crippen LogP) is 1.96. The summed E-state index contributed by atoms with van der Waals surface area (Å²) >= 11 is 0. The van der Waals surface area contributed by atoms with Crippen molar-refractivity contribution in [1.82, 2.24) is 9.88 Å². The summed E-state index contributed by atoms with van der Waals surface area (Å²) in [4.78, 5) is 11.7.